The summed E-state index contributed by atoms with van der Waals surface area (Å²) in [4.78, 5) is 12.2. The zero-order valence-electron chi connectivity index (χ0n) is 12.8. The number of benzene rings is 1. The number of para-hydroxylation sites is 2. The molecule has 0 heterocycles. The number of ether oxygens (including phenoxy) is 1. The molecule has 0 unspecified atom stereocenters. The van der Waals surface area contributed by atoms with Crippen LogP contribution in [0.3, 0.4) is 0 Å². The van der Waals surface area contributed by atoms with Gasteiger partial charge in [0.15, 0.2) is 0 Å². The smallest absolute Gasteiger partial charge is 0.319 e. The molecule has 2 fully saturated rings. The molecule has 0 saturated heterocycles. The van der Waals surface area contributed by atoms with Crippen LogP contribution in [0.5, 0.6) is 5.75 Å². The Bertz CT molecular complexity index is 517. The molecule has 0 radical (unpaired) electrons. The maximum absolute atomic E-state index is 12.2. The summed E-state index contributed by atoms with van der Waals surface area (Å²) >= 11 is 0. The third-order valence-electron chi connectivity index (χ3n) is 5.15. The Morgan fingerprint density at radius 1 is 1.29 bits per heavy atom. The summed E-state index contributed by atoms with van der Waals surface area (Å²) in [5, 5.41) is 5.99. The van der Waals surface area contributed by atoms with Crippen molar-refractivity contribution in [2.45, 2.75) is 38.6 Å². The van der Waals surface area contributed by atoms with Crippen molar-refractivity contribution >= 4 is 11.7 Å². The Labute approximate surface area is 126 Å². The highest BCUT2D eigenvalue weighted by molar-refractivity contribution is 5.91. The van der Waals surface area contributed by atoms with Crippen LogP contribution in [0.1, 0.15) is 32.6 Å². The number of hydrogen-bond acceptors (Lipinski definition) is 2. The van der Waals surface area contributed by atoms with Gasteiger partial charge in [0.25, 0.3) is 0 Å². The number of fused-ring (bicyclic) bond motifs is 2. The van der Waals surface area contributed by atoms with E-state index < -0.39 is 0 Å². The summed E-state index contributed by atoms with van der Waals surface area (Å²) in [6.07, 6.45) is 5.38. The number of methoxy groups -OCH3 is 1. The molecule has 1 aromatic carbocycles. The van der Waals surface area contributed by atoms with Crippen molar-refractivity contribution in [3.63, 3.8) is 0 Å². The van der Waals surface area contributed by atoms with Crippen LogP contribution >= 0.6 is 0 Å². The van der Waals surface area contributed by atoms with E-state index in [1.165, 1.54) is 25.7 Å². The van der Waals surface area contributed by atoms with Crippen molar-refractivity contribution in [1.29, 1.82) is 0 Å². The number of urea groups is 1. The molecule has 4 atom stereocenters. The lowest BCUT2D eigenvalue weighted by Crippen LogP contribution is -2.42. The van der Waals surface area contributed by atoms with Crippen LogP contribution in [-0.4, -0.2) is 19.2 Å². The molecule has 4 nitrogen and oxygen atoms in total. The Hall–Kier alpha value is -1.71. The van der Waals surface area contributed by atoms with Crippen molar-refractivity contribution in [2.75, 3.05) is 12.4 Å². The van der Waals surface area contributed by atoms with Gasteiger partial charge in [-0.1, -0.05) is 18.6 Å². The lowest BCUT2D eigenvalue weighted by molar-refractivity contribution is 0.230. The normalized spacial score (nSPS) is 28.2. The van der Waals surface area contributed by atoms with Crippen LogP contribution in [0.15, 0.2) is 24.3 Å². The molecule has 2 aliphatic carbocycles. The van der Waals surface area contributed by atoms with E-state index in [1.54, 1.807) is 7.11 Å². The SMILES string of the molecule is COc1ccccc1NC(=O)N[C@H](C)[C@H]1C[C@H]2CC[C@H]1C2. The van der Waals surface area contributed by atoms with Crippen molar-refractivity contribution in [1.82, 2.24) is 5.32 Å². The first-order chi connectivity index (χ1) is 10.2. The molecule has 114 valence electrons. The molecule has 0 spiro atoms. The quantitative estimate of drug-likeness (QED) is 0.888. The van der Waals surface area contributed by atoms with Crippen LogP contribution in [-0.2, 0) is 0 Å². The fourth-order valence-electron chi connectivity index (χ4n) is 4.13. The van der Waals surface area contributed by atoms with Gasteiger partial charge in [-0.15, -0.1) is 0 Å². The van der Waals surface area contributed by atoms with Crippen molar-refractivity contribution in [3.8, 4) is 5.75 Å². The van der Waals surface area contributed by atoms with E-state index >= 15 is 0 Å². The number of rotatable bonds is 4. The van der Waals surface area contributed by atoms with Gasteiger partial charge in [0, 0.05) is 6.04 Å². The van der Waals surface area contributed by atoms with Gasteiger partial charge in [0.2, 0.25) is 0 Å². The van der Waals surface area contributed by atoms with Crippen molar-refractivity contribution in [2.24, 2.45) is 17.8 Å². The van der Waals surface area contributed by atoms with Crippen LogP contribution in [0.4, 0.5) is 10.5 Å². The molecule has 0 aromatic heterocycles. The molecule has 2 saturated carbocycles. The van der Waals surface area contributed by atoms with E-state index in [9.17, 15) is 4.79 Å². The second-order valence-electron chi connectivity index (χ2n) is 6.43. The zero-order valence-corrected chi connectivity index (χ0v) is 12.8. The minimum absolute atomic E-state index is 0.144. The summed E-state index contributed by atoms with van der Waals surface area (Å²) in [5.74, 6) is 3.05. The Morgan fingerprint density at radius 3 is 2.76 bits per heavy atom. The molecule has 2 bridgehead atoms. The van der Waals surface area contributed by atoms with Crippen LogP contribution in [0, 0.1) is 17.8 Å². The van der Waals surface area contributed by atoms with Gasteiger partial charge in [-0.2, -0.15) is 0 Å². The van der Waals surface area contributed by atoms with Gasteiger partial charge < -0.3 is 15.4 Å². The van der Waals surface area contributed by atoms with E-state index in [4.69, 9.17) is 4.74 Å². The van der Waals surface area contributed by atoms with Gasteiger partial charge in [-0.25, -0.2) is 4.79 Å². The fraction of sp³-hybridized carbons (Fsp3) is 0.588. The summed E-state index contributed by atoms with van der Waals surface area (Å²) in [5.41, 5.74) is 0.706. The molecule has 2 N–H and O–H groups in total. The van der Waals surface area contributed by atoms with Gasteiger partial charge in [0.05, 0.1) is 12.8 Å². The summed E-state index contributed by atoms with van der Waals surface area (Å²) < 4.78 is 5.25. The minimum Gasteiger partial charge on any atom is -0.495 e. The van der Waals surface area contributed by atoms with Crippen LogP contribution < -0.4 is 15.4 Å². The highest BCUT2D eigenvalue weighted by atomic mass is 16.5. The standard InChI is InChI=1S/C17H24N2O2/c1-11(14-10-12-7-8-13(14)9-12)18-17(20)19-15-5-3-4-6-16(15)21-2/h3-6,11-14H,7-10H2,1-2H3,(H2,18,19,20)/t11-,12+,13+,14-/m1/s1. The topological polar surface area (TPSA) is 50.4 Å². The second-order valence-corrected chi connectivity index (χ2v) is 6.43. The van der Waals surface area contributed by atoms with Crippen molar-refractivity contribution < 1.29 is 9.53 Å². The number of carbonyl (C=O) groups is 1. The first-order valence-corrected chi connectivity index (χ1v) is 7.88. The maximum Gasteiger partial charge on any atom is 0.319 e. The summed E-state index contributed by atoms with van der Waals surface area (Å²) in [7, 11) is 1.61. The van der Waals surface area contributed by atoms with E-state index in [0.717, 1.165) is 11.8 Å². The minimum atomic E-state index is -0.144. The molecular formula is C17H24N2O2. The predicted octanol–water partition coefficient (Wildman–Crippen LogP) is 3.64. The number of amides is 2. The second kappa shape index (κ2) is 5.96. The zero-order chi connectivity index (χ0) is 14.8. The number of anilines is 1. The van der Waals surface area contributed by atoms with Crippen molar-refractivity contribution in [3.05, 3.63) is 24.3 Å². The van der Waals surface area contributed by atoms with Gasteiger partial charge in [-0.05, 0) is 56.1 Å². The number of carbonyl (C=O) groups excluding carboxylic acids is 1. The molecular weight excluding hydrogens is 264 g/mol. The number of nitrogens with one attached hydrogen (secondary N) is 2. The molecule has 0 aliphatic heterocycles. The molecule has 2 aliphatic rings. The van der Waals surface area contributed by atoms with Crippen LogP contribution in [0.2, 0.25) is 0 Å². The van der Waals surface area contributed by atoms with Gasteiger partial charge in [-0.3, -0.25) is 0 Å². The first kappa shape index (κ1) is 14.2. The van der Waals surface area contributed by atoms with Gasteiger partial charge in [0.1, 0.15) is 5.75 Å². The monoisotopic (exact) mass is 288 g/mol. The molecule has 21 heavy (non-hydrogen) atoms. The highest BCUT2D eigenvalue weighted by Gasteiger charge is 2.42. The van der Waals surface area contributed by atoms with E-state index in [1.807, 2.05) is 24.3 Å². The largest absolute Gasteiger partial charge is 0.495 e. The average molecular weight is 288 g/mol. The Morgan fingerprint density at radius 2 is 2.10 bits per heavy atom. The highest BCUT2D eigenvalue weighted by Crippen LogP contribution is 2.49. The lowest BCUT2D eigenvalue weighted by Gasteiger charge is -2.28. The van der Waals surface area contributed by atoms with Gasteiger partial charge >= 0.3 is 6.03 Å². The van der Waals surface area contributed by atoms with E-state index in [2.05, 4.69) is 17.6 Å². The molecule has 2 amide bonds. The third-order valence-corrected chi connectivity index (χ3v) is 5.15. The lowest BCUT2D eigenvalue weighted by atomic mass is 9.84. The third kappa shape index (κ3) is 2.99. The predicted molar refractivity (Wildman–Crippen MR) is 83.5 cm³/mol. The first-order valence-electron chi connectivity index (χ1n) is 7.88. The Kier molecular flexibility index (Phi) is 4.04. The molecule has 1 aromatic rings. The van der Waals surface area contributed by atoms with E-state index in [-0.39, 0.29) is 12.1 Å². The Balaban J connectivity index is 1.56. The molecule has 4 heteroatoms. The van der Waals surface area contributed by atoms with Crippen LogP contribution in [0.25, 0.3) is 0 Å². The number of hydrogen-bond donors (Lipinski definition) is 2. The maximum atomic E-state index is 12.2. The fourth-order valence-corrected chi connectivity index (χ4v) is 4.13. The molecule has 3 rings (SSSR count). The average Bonchev–Trinajstić information content (AvgIpc) is 3.10. The summed E-state index contributed by atoms with van der Waals surface area (Å²) in [6, 6.07) is 7.55. The van der Waals surface area contributed by atoms with E-state index in [0.29, 0.717) is 17.4 Å². The summed E-state index contributed by atoms with van der Waals surface area (Å²) in [6.45, 7) is 2.13.